The van der Waals surface area contributed by atoms with Crippen molar-refractivity contribution < 1.29 is 9.59 Å². The Morgan fingerprint density at radius 1 is 1.04 bits per heavy atom. The Morgan fingerprint density at radius 3 is 2.71 bits per heavy atom. The smallest absolute Gasteiger partial charge is 0.317 e. The highest BCUT2D eigenvalue weighted by atomic mass is 16.2. The van der Waals surface area contributed by atoms with Crippen molar-refractivity contribution >= 4 is 17.6 Å². The van der Waals surface area contributed by atoms with Crippen LogP contribution in [0.2, 0.25) is 0 Å². The third-order valence-corrected chi connectivity index (χ3v) is 5.34. The monoisotopic (exact) mass is 327 g/mol. The van der Waals surface area contributed by atoms with Gasteiger partial charge in [0.25, 0.3) is 0 Å². The van der Waals surface area contributed by atoms with Gasteiger partial charge in [-0.2, -0.15) is 0 Å². The first-order chi connectivity index (χ1) is 11.7. The molecule has 1 N–H and O–H groups in total. The second kappa shape index (κ2) is 6.46. The molecule has 1 atom stereocenters. The number of benzene rings is 1. The van der Waals surface area contributed by atoms with Crippen molar-refractivity contribution in [2.45, 2.75) is 44.6 Å². The van der Waals surface area contributed by atoms with Crippen molar-refractivity contribution in [1.29, 1.82) is 0 Å². The highest BCUT2D eigenvalue weighted by molar-refractivity contribution is 5.96. The lowest BCUT2D eigenvalue weighted by molar-refractivity contribution is -0.123. The van der Waals surface area contributed by atoms with Crippen LogP contribution in [0.15, 0.2) is 24.3 Å². The molecule has 0 bridgehead atoms. The number of aryl methyl sites for hydroxylation is 1. The van der Waals surface area contributed by atoms with Crippen molar-refractivity contribution in [3.05, 3.63) is 29.8 Å². The van der Waals surface area contributed by atoms with Gasteiger partial charge in [0.05, 0.1) is 5.92 Å². The van der Waals surface area contributed by atoms with Gasteiger partial charge in [-0.15, -0.1) is 0 Å². The fourth-order valence-electron chi connectivity index (χ4n) is 3.84. The minimum atomic E-state index is -0.0742. The SMILES string of the molecule is O=C(NC1CC1)N1CCCC(C(=O)N2CCCc3ccccc32)C1. The van der Waals surface area contributed by atoms with E-state index in [4.69, 9.17) is 0 Å². The number of urea groups is 1. The summed E-state index contributed by atoms with van der Waals surface area (Å²) in [6.07, 6.45) is 6.02. The lowest BCUT2D eigenvalue weighted by Crippen LogP contribution is -2.50. The first kappa shape index (κ1) is 15.5. The van der Waals surface area contributed by atoms with Gasteiger partial charge < -0.3 is 15.1 Å². The van der Waals surface area contributed by atoms with Crippen molar-refractivity contribution in [3.8, 4) is 0 Å². The Balaban J connectivity index is 1.45. The fraction of sp³-hybridized carbons (Fsp3) is 0.579. The summed E-state index contributed by atoms with van der Waals surface area (Å²) in [4.78, 5) is 29.2. The van der Waals surface area contributed by atoms with Crippen molar-refractivity contribution in [2.24, 2.45) is 5.92 Å². The molecule has 1 aromatic rings. The molecule has 3 amide bonds. The van der Waals surface area contributed by atoms with E-state index in [2.05, 4.69) is 11.4 Å². The number of anilines is 1. The van der Waals surface area contributed by atoms with Crippen LogP contribution in [-0.4, -0.2) is 42.5 Å². The molecule has 1 saturated carbocycles. The number of piperidine rings is 1. The quantitative estimate of drug-likeness (QED) is 0.907. The van der Waals surface area contributed by atoms with E-state index in [0.29, 0.717) is 12.6 Å². The molecular weight excluding hydrogens is 302 g/mol. The van der Waals surface area contributed by atoms with E-state index in [1.165, 1.54) is 5.56 Å². The van der Waals surface area contributed by atoms with Gasteiger partial charge in [-0.1, -0.05) is 18.2 Å². The summed E-state index contributed by atoms with van der Waals surface area (Å²) in [5.74, 6) is 0.112. The number of fused-ring (bicyclic) bond motifs is 1. The van der Waals surface area contributed by atoms with Crippen LogP contribution in [0.25, 0.3) is 0 Å². The minimum absolute atomic E-state index is 0.00837. The summed E-state index contributed by atoms with van der Waals surface area (Å²) in [5.41, 5.74) is 2.32. The molecule has 5 nitrogen and oxygen atoms in total. The van der Waals surface area contributed by atoms with E-state index in [1.54, 1.807) is 0 Å². The van der Waals surface area contributed by atoms with E-state index >= 15 is 0 Å². The highest BCUT2D eigenvalue weighted by Crippen LogP contribution is 2.30. The third-order valence-electron chi connectivity index (χ3n) is 5.34. The van der Waals surface area contributed by atoms with Crippen LogP contribution < -0.4 is 10.2 Å². The van der Waals surface area contributed by atoms with E-state index in [0.717, 1.165) is 57.3 Å². The maximum absolute atomic E-state index is 13.1. The van der Waals surface area contributed by atoms with Crippen LogP contribution >= 0.6 is 0 Å². The first-order valence-corrected chi connectivity index (χ1v) is 9.17. The van der Waals surface area contributed by atoms with Gasteiger partial charge >= 0.3 is 6.03 Å². The molecule has 2 fully saturated rings. The Hall–Kier alpha value is -2.04. The molecule has 0 spiro atoms. The van der Waals surface area contributed by atoms with Crippen molar-refractivity contribution in [3.63, 3.8) is 0 Å². The zero-order valence-corrected chi connectivity index (χ0v) is 14.0. The average Bonchev–Trinajstić information content (AvgIpc) is 3.44. The number of carbonyl (C=O) groups is 2. The second-order valence-electron chi connectivity index (χ2n) is 7.23. The number of rotatable bonds is 2. The topological polar surface area (TPSA) is 52.7 Å². The zero-order valence-electron chi connectivity index (χ0n) is 14.0. The summed E-state index contributed by atoms with van der Waals surface area (Å²) in [7, 11) is 0. The second-order valence-corrected chi connectivity index (χ2v) is 7.23. The average molecular weight is 327 g/mol. The van der Waals surface area contributed by atoms with Gasteiger partial charge in [0.1, 0.15) is 0 Å². The fourth-order valence-corrected chi connectivity index (χ4v) is 3.84. The number of hydrogen-bond donors (Lipinski definition) is 1. The number of amides is 3. The summed E-state index contributed by atoms with van der Waals surface area (Å²) < 4.78 is 0. The van der Waals surface area contributed by atoms with E-state index in [-0.39, 0.29) is 17.9 Å². The third kappa shape index (κ3) is 3.12. The zero-order chi connectivity index (χ0) is 16.5. The Kier molecular flexibility index (Phi) is 4.17. The Bertz CT molecular complexity index is 641. The van der Waals surface area contributed by atoms with Gasteiger partial charge in [0.2, 0.25) is 5.91 Å². The minimum Gasteiger partial charge on any atom is -0.335 e. The number of para-hydroxylation sites is 1. The van der Waals surface area contributed by atoms with Crippen LogP contribution in [0.1, 0.15) is 37.7 Å². The summed E-state index contributed by atoms with van der Waals surface area (Å²) in [5, 5.41) is 3.04. The molecule has 4 rings (SSSR count). The van der Waals surface area contributed by atoms with Crippen LogP contribution in [0.3, 0.4) is 0 Å². The highest BCUT2D eigenvalue weighted by Gasteiger charge is 2.34. The maximum atomic E-state index is 13.1. The predicted octanol–water partition coefficient (Wildman–Crippen LogP) is 2.55. The summed E-state index contributed by atoms with van der Waals surface area (Å²) >= 11 is 0. The number of carbonyl (C=O) groups excluding carboxylic acids is 2. The summed E-state index contributed by atoms with van der Waals surface area (Å²) in [6, 6.07) is 8.58. The molecule has 1 saturated heterocycles. The van der Waals surface area contributed by atoms with Crippen LogP contribution in [0.5, 0.6) is 0 Å². The maximum Gasteiger partial charge on any atom is 0.317 e. The number of hydrogen-bond acceptors (Lipinski definition) is 2. The normalized spacial score (nSPS) is 23.6. The van der Waals surface area contributed by atoms with Gasteiger partial charge in [0, 0.05) is 31.4 Å². The number of nitrogens with zero attached hydrogens (tertiary/aromatic N) is 2. The van der Waals surface area contributed by atoms with Gasteiger partial charge in [-0.25, -0.2) is 4.79 Å². The molecule has 1 aliphatic carbocycles. The van der Waals surface area contributed by atoms with Crippen LogP contribution in [0, 0.1) is 5.92 Å². The van der Waals surface area contributed by atoms with Crippen LogP contribution in [-0.2, 0) is 11.2 Å². The summed E-state index contributed by atoms with van der Waals surface area (Å²) in [6.45, 7) is 2.11. The lowest BCUT2D eigenvalue weighted by atomic mass is 9.94. The molecule has 128 valence electrons. The first-order valence-electron chi connectivity index (χ1n) is 9.17. The lowest BCUT2D eigenvalue weighted by Gasteiger charge is -2.37. The molecule has 24 heavy (non-hydrogen) atoms. The Labute approximate surface area is 143 Å². The molecule has 1 unspecified atom stereocenters. The van der Waals surface area contributed by atoms with Crippen LogP contribution in [0.4, 0.5) is 10.5 Å². The van der Waals surface area contributed by atoms with E-state index in [1.807, 2.05) is 28.0 Å². The molecule has 1 aromatic carbocycles. The van der Waals surface area contributed by atoms with E-state index in [9.17, 15) is 9.59 Å². The van der Waals surface area contributed by atoms with Gasteiger partial charge in [-0.3, -0.25) is 4.79 Å². The van der Waals surface area contributed by atoms with E-state index < -0.39 is 0 Å². The van der Waals surface area contributed by atoms with Crippen molar-refractivity contribution in [1.82, 2.24) is 10.2 Å². The molecule has 0 aromatic heterocycles. The molecule has 2 aliphatic heterocycles. The van der Waals surface area contributed by atoms with Crippen molar-refractivity contribution in [2.75, 3.05) is 24.5 Å². The predicted molar refractivity (Wildman–Crippen MR) is 93.0 cm³/mol. The largest absolute Gasteiger partial charge is 0.335 e. The van der Waals surface area contributed by atoms with Gasteiger partial charge in [0.15, 0.2) is 0 Å². The number of likely N-dealkylation sites (tertiary alicyclic amines) is 1. The van der Waals surface area contributed by atoms with Gasteiger partial charge in [-0.05, 0) is 50.2 Å². The standard InChI is InChI=1S/C19H25N3O2/c23-18(22-12-4-6-14-5-1-2-8-17(14)22)15-7-3-11-21(13-15)19(24)20-16-9-10-16/h1-2,5,8,15-16H,3-4,6-7,9-13H2,(H,20,24). The molecular formula is C19H25N3O2. The molecule has 5 heteroatoms. The molecule has 3 aliphatic rings. The Morgan fingerprint density at radius 2 is 1.88 bits per heavy atom. The molecule has 0 radical (unpaired) electrons. The molecule has 2 heterocycles. The number of nitrogens with one attached hydrogen (secondary N) is 1.